The molecule has 0 saturated heterocycles. The summed E-state index contributed by atoms with van der Waals surface area (Å²) in [5.41, 5.74) is 13.5. The van der Waals surface area contributed by atoms with Gasteiger partial charge in [0.1, 0.15) is 0 Å². The van der Waals surface area contributed by atoms with Crippen LogP contribution in [0.5, 0.6) is 0 Å². The summed E-state index contributed by atoms with van der Waals surface area (Å²) >= 11 is 0. The number of hydrogen-bond donors (Lipinski definition) is 3. The Labute approximate surface area is 88.2 Å². The van der Waals surface area contributed by atoms with Crippen molar-refractivity contribution in [2.45, 2.75) is 0 Å². The molecule has 0 heterocycles. The number of hydrogen-bond acceptors (Lipinski definition) is 3. The van der Waals surface area contributed by atoms with Gasteiger partial charge in [0.05, 0.1) is 0 Å². The van der Waals surface area contributed by atoms with Crippen molar-refractivity contribution in [2.24, 2.45) is 17.2 Å². The fraction of sp³-hybridized carbons (Fsp3) is 0.375. The molecule has 6 N–H and O–H groups in total. The summed E-state index contributed by atoms with van der Waals surface area (Å²) in [7, 11) is 4.50. The van der Waals surface area contributed by atoms with Crippen molar-refractivity contribution in [3.05, 3.63) is 30.7 Å². The Kier molecular flexibility index (Phi) is 83.5. The van der Waals surface area contributed by atoms with E-state index in [-0.39, 0.29) is 18.9 Å². The van der Waals surface area contributed by atoms with Crippen LogP contribution in [0, 0.1) is 6.42 Å². The molecular weight excluding hydrogens is 145 g/mol. The molecule has 0 aromatic rings. The molecule has 69 valence electrons. The molecule has 0 aromatic carbocycles. The monoisotopic (exact) mass is 166 g/mol. The summed E-state index contributed by atoms with van der Waals surface area (Å²) < 4.78 is 0. The molecule has 1 aliphatic rings. The van der Waals surface area contributed by atoms with Crippen LogP contribution in [0.3, 0.4) is 0 Å². The van der Waals surface area contributed by atoms with E-state index in [1.165, 1.54) is 21.1 Å². The van der Waals surface area contributed by atoms with E-state index in [4.69, 9.17) is 0 Å². The van der Waals surface area contributed by atoms with Gasteiger partial charge in [0.15, 0.2) is 0 Å². The molecule has 0 unspecified atom stereocenters. The molecule has 0 atom stereocenters. The van der Waals surface area contributed by atoms with Crippen LogP contribution >= 0.6 is 0 Å². The number of allylic oxidation sites excluding steroid dienone is 4. The van der Waals surface area contributed by atoms with E-state index in [1.54, 1.807) is 0 Å². The van der Waals surface area contributed by atoms with E-state index in [2.05, 4.69) is 17.2 Å². The van der Waals surface area contributed by atoms with E-state index in [0.717, 1.165) is 0 Å². The molecule has 0 aliphatic heterocycles. The Balaban J connectivity index is -0.0000000406. The second-order valence-corrected chi connectivity index (χ2v) is 0.962. The van der Waals surface area contributed by atoms with Gasteiger partial charge >= 0.3 is 18.9 Å². The second kappa shape index (κ2) is 44.2. The van der Waals surface area contributed by atoms with Gasteiger partial charge in [0, 0.05) is 6.42 Å². The second-order valence-electron chi connectivity index (χ2n) is 0.962. The first-order chi connectivity index (χ1) is 5.50. The molecule has 0 aromatic heterocycles. The Morgan fingerprint density at radius 3 is 0.917 bits per heavy atom. The van der Waals surface area contributed by atoms with Gasteiger partial charge < -0.3 is 17.2 Å². The standard InChI is InChI=1S/C5H5.3CH5N.Li.H/c1-2-4-5-3-1;3*1-2;;/h1-5H;3*2H2,1H3;;. The summed E-state index contributed by atoms with van der Waals surface area (Å²) in [4.78, 5) is 0. The molecule has 1 aliphatic carbocycles. The van der Waals surface area contributed by atoms with Crippen molar-refractivity contribution in [1.29, 1.82) is 0 Å². The van der Waals surface area contributed by atoms with E-state index >= 15 is 0 Å². The quantitative estimate of drug-likeness (QED) is 0.420. The third-order valence-electron chi connectivity index (χ3n) is 0.556. The first-order valence-corrected chi connectivity index (χ1v) is 3.40. The van der Waals surface area contributed by atoms with Crippen LogP contribution in [0.2, 0.25) is 0 Å². The van der Waals surface area contributed by atoms with Crippen LogP contribution in [0.15, 0.2) is 24.3 Å². The maximum absolute atomic E-state index is 4.50. The Bertz CT molecular complexity index is 72.4. The van der Waals surface area contributed by atoms with Gasteiger partial charge in [0.2, 0.25) is 0 Å². The van der Waals surface area contributed by atoms with Gasteiger partial charge in [-0.25, -0.2) is 0 Å². The van der Waals surface area contributed by atoms with Crippen LogP contribution in [0.4, 0.5) is 0 Å². The van der Waals surface area contributed by atoms with Crippen molar-refractivity contribution in [2.75, 3.05) is 21.1 Å². The molecule has 12 heavy (non-hydrogen) atoms. The summed E-state index contributed by atoms with van der Waals surface area (Å²) in [5.74, 6) is 0. The number of nitrogens with two attached hydrogens (primary N) is 3. The molecule has 3 nitrogen and oxygen atoms in total. The van der Waals surface area contributed by atoms with Crippen molar-refractivity contribution in [3.8, 4) is 0 Å². The summed E-state index contributed by atoms with van der Waals surface area (Å²) in [6.45, 7) is 0. The van der Waals surface area contributed by atoms with Gasteiger partial charge in [-0.2, -0.15) is 0 Å². The fourth-order valence-corrected chi connectivity index (χ4v) is 0.321. The summed E-state index contributed by atoms with van der Waals surface area (Å²) in [6, 6.07) is 0. The molecule has 1 rings (SSSR count). The number of rotatable bonds is 0. The Hall–Kier alpha value is -0.0426. The van der Waals surface area contributed by atoms with Crippen LogP contribution in [0.25, 0.3) is 0 Å². The van der Waals surface area contributed by atoms with Gasteiger partial charge in [0.25, 0.3) is 0 Å². The average Bonchev–Trinajstić information content (AvgIpc) is 2.71. The van der Waals surface area contributed by atoms with E-state index in [1.807, 2.05) is 30.7 Å². The van der Waals surface area contributed by atoms with Crippen molar-refractivity contribution in [1.82, 2.24) is 0 Å². The molecule has 0 fully saturated rings. The minimum absolute atomic E-state index is 0. The van der Waals surface area contributed by atoms with Crippen LogP contribution in [-0.2, 0) is 0 Å². The maximum atomic E-state index is 4.50. The molecular formula is C8H21LiN3. The third kappa shape index (κ3) is 32.5. The minimum atomic E-state index is 0. The van der Waals surface area contributed by atoms with Crippen molar-refractivity contribution < 1.29 is 0 Å². The molecule has 4 heteroatoms. The molecule has 1 radical (unpaired) electrons. The predicted octanol–water partition coefficient (Wildman–Crippen LogP) is -0.607. The van der Waals surface area contributed by atoms with Crippen LogP contribution < -0.4 is 17.2 Å². The zero-order valence-electron chi connectivity index (χ0n) is 7.62. The van der Waals surface area contributed by atoms with E-state index in [9.17, 15) is 0 Å². The summed E-state index contributed by atoms with van der Waals surface area (Å²) in [6.07, 6.45) is 10.0. The van der Waals surface area contributed by atoms with Crippen molar-refractivity contribution in [3.63, 3.8) is 0 Å². The average molecular weight is 166 g/mol. The van der Waals surface area contributed by atoms with Gasteiger partial charge in [-0.3, -0.25) is 0 Å². The van der Waals surface area contributed by atoms with E-state index < -0.39 is 0 Å². The first-order valence-electron chi connectivity index (χ1n) is 3.40. The third-order valence-corrected chi connectivity index (χ3v) is 0.556. The SMILES string of the molecule is CN.CN.CN.[CH]1C=CC=C1.[LiH]. The Morgan fingerprint density at radius 1 is 0.583 bits per heavy atom. The zero-order valence-corrected chi connectivity index (χ0v) is 7.62. The van der Waals surface area contributed by atoms with E-state index in [0.29, 0.717) is 0 Å². The first kappa shape index (κ1) is 22.7. The van der Waals surface area contributed by atoms with Gasteiger partial charge in [-0.1, -0.05) is 24.3 Å². The van der Waals surface area contributed by atoms with Gasteiger partial charge in [-0.05, 0) is 21.1 Å². The van der Waals surface area contributed by atoms with Crippen molar-refractivity contribution >= 4 is 18.9 Å². The summed E-state index contributed by atoms with van der Waals surface area (Å²) in [5, 5.41) is 0. The van der Waals surface area contributed by atoms with Crippen LogP contribution in [-0.4, -0.2) is 40.0 Å². The molecule has 0 amide bonds. The molecule has 0 bridgehead atoms. The Morgan fingerprint density at radius 2 is 0.833 bits per heavy atom. The molecule has 0 saturated carbocycles. The topological polar surface area (TPSA) is 78.1 Å². The van der Waals surface area contributed by atoms with Crippen LogP contribution in [0.1, 0.15) is 0 Å². The fourth-order valence-electron chi connectivity index (χ4n) is 0.321. The van der Waals surface area contributed by atoms with Gasteiger partial charge in [-0.15, -0.1) is 0 Å². The normalized spacial score (nSPS) is 8.83. The predicted molar refractivity (Wildman–Crippen MR) is 60.1 cm³/mol. The zero-order chi connectivity index (χ0) is 9.54. The molecule has 0 spiro atoms.